The van der Waals surface area contributed by atoms with Crippen LogP contribution in [0.15, 0.2) is 34.3 Å². The van der Waals surface area contributed by atoms with E-state index in [1.54, 1.807) is 11.8 Å². The molecule has 0 saturated heterocycles. The summed E-state index contributed by atoms with van der Waals surface area (Å²) >= 11 is 1.64. The molecule has 3 nitrogen and oxygen atoms in total. The Kier molecular flexibility index (Phi) is 5.37. The minimum absolute atomic E-state index is 0.325. The first kappa shape index (κ1) is 16.0. The topological polar surface area (TPSA) is 37.8 Å². The summed E-state index contributed by atoms with van der Waals surface area (Å²) in [6.07, 6.45) is 0. The summed E-state index contributed by atoms with van der Waals surface area (Å²) in [7, 11) is 0. The highest BCUT2D eigenvalue weighted by Gasteiger charge is 2.12. The van der Waals surface area contributed by atoms with Crippen LogP contribution in [0.5, 0.6) is 0 Å². The van der Waals surface area contributed by atoms with Crippen LogP contribution in [0.4, 0.5) is 0 Å². The summed E-state index contributed by atoms with van der Waals surface area (Å²) in [4.78, 5) is 10.4. The molecule has 0 amide bonds. The van der Waals surface area contributed by atoms with E-state index in [4.69, 9.17) is 0 Å². The minimum atomic E-state index is 0.325. The molecule has 0 bridgehead atoms. The van der Waals surface area contributed by atoms with E-state index in [-0.39, 0.29) is 0 Å². The fraction of sp³-hybridized carbons (Fsp3) is 0.412. The maximum Gasteiger partial charge on any atom is 0.192 e. The molecule has 112 valence electrons. The lowest BCUT2D eigenvalue weighted by atomic mass is 10.1. The van der Waals surface area contributed by atoms with E-state index in [0.29, 0.717) is 6.04 Å². The van der Waals surface area contributed by atoms with Crippen LogP contribution in [0, 0.1) is 20.8 Å². The van der Waals surface area contributed by atoms with Crippen molar-refractivity contribution in [1.82, 2.24) is 15.3 Å². The van der Waals surface area contributed by atoms with Gasteiger partial charge in [0.25, 0.3) is 0 Å². The zero-order chi connectivity index (χ0) is 15.4. The molecule has 1 N–H and O–H groups in total. The van der Waals surface area contributed by atoms with Crippen molar-refractivity contribution >= 4 is 11.8 Å². The van der Waals surface area contributed by atoms with Gasteiger partial charge in [-0.1, -0.05) is 25.1 Å². The summed E-state index contributed by atoms with van der Waals surface area (Å²) in [5, 5.41) is 4.29. The average Bonchev–Trinajstić information content (AvgIpc) is 2.45. The Morgan fingerprint density at radius 3 is 2.33 bits per heavy atom. The van der Waals surface area contributed by atoms with E-state index < -0.39 is 0 Å². The van der Waals surface area contributed by atoms with Gasteiger partial charge < -0.3 is 5.32 Å². The Bertz CT molecular complexity index is 602. The van der Waals surface area contributed by atoms with Crippen molar-refractivity contribution in [2.75, 3.05) is 6.54 Å². The second-order valence-corrected chi connectivity index (χ2v) is 6.23. The highest BCUT2D eigenvalue weighted by molar-refractivity contribution is 7.99. The molecule has 2 aromatic rings. The molecule has 0 aliphatic carbocycles. The third-order valence-corrected chi connectivity index (χ3v) is 4.67. The van der Waals surface area contributed by atoms with E-state index in [1.807, 2.05) is 13.8 Å². The van der Waals surface area contributed by atoms with E-state index in [2.05, 4.69) is 60.3 Å². The minimum Gasteiger partial charge on any atom is -0.310 e. The molecule has 1 unspecified atom stereocenters. The second kappa shape index (κ2) is 7.05. The molecule has 4 heteroatoms. The molecule has 21 heavy (non-hydrogen) atoms. The maximum atomic E-state index is 4.61. The Morgan fingerprint density at radius 1 is 1.10 bits per heavy atom. The summed E-state index contributed by atoms with van der Waals surface area (Å²) in [5.74, 6) is 0. The first-order chi connectivity index (χ1) is 10.0. The van der Waals surface area contributed by atoms with E-state index in [9.17, 15) is 0 Å². The predicted molar refractivity (Wildman–Crippen MR) is 88.9 cm³/mol. The smallest absolute Gasteiger partial charge is 0.192 e. The lowest BCUT2D eigenvalue weighted by Gasteiger charge is -2.16. The van der Waals surface area contributed by atoms with E-state index in [0.717, 1.165) is 23.1 Å². The van der Waals surface area contributed by atoms with Gasteiger partial charge in [0.2, 0.25) is 0 Å². The fourth-order valence-corrected chi connectivity index (χ4v) is 3.30. The Morgan fingerprint density at radius 2 is 1.71 bits per heavy atom. The molecule has 1 heterocycles. The number of nitrogens with zero attached hydrogens (tertiary/aromatic N) is 2. The van der Waals surface area contributed by atoms with Gasteiger partial charge in [0.05, 0.1) is 0 Å². The number of benzene rings is 1. The van der Waals surface area contributed by atoms with Crippen LogP contribution >= 0.6 is 11.8 Å². The Labute approximate surface area is 131 Å². The summed E-state index contributed by atoms with van der Waals surface area (Å²) in [6, 6.07) is 8.79. The van der Waals surface area contributed by atoms with Gasteiger partial charge in [-0.2, -0.15) is 0 Å². The van der Waals surface area contributed by atoms with E-state index in [1.165, 1.54) is 16.0 Å². The van der Waals surface area contributed by atoms with Gasteiger partial charge in [-0.3, -0.25) is 0 Å². The number of nitrogens with one attached hydrogen (secondary N) is 1. The molecule has 1 atom stereocenters. The molecular weight excluding hydrogens is 278 g/mol. The monoisotopic (exact) mass is 301 g/mol. The van der Waals surface area contributed by atoms with Crippen LogP contribution in [0.25, 0.3) is 0 Å². The van der Waals surface area contributed by atoms with Crippen molar-refractivity contribution in [3.8, 4) is 0 Å². The summed E-state index contributed by atoms with van der Waals surface area (Å²) in [5.41, 5.74) is 4.59. The second-order valence-electron chi connectivity index (χ2n) is 5.22. The van der Waals surface area contributed by atoms with Crippen molar-refractivity contribution in [1.29, 1.82) is 0 Å². The molecule has 1 aromatic carbocycles. The number of aromatic nitrogens is 2. The van der Waals surface area contributed by atoms with Crippen LogP contribution in [0.2, 0.25) is 0 Å². The number of hydrogen-bond acceptors (Lipinski definition) is 4. The maximum absolute atomic E-state index is 4.61. The number of aryl methyl sites for hydroxylation is 2. The highest BCUT2D eigenvalue weighted by atomic mass is 32.2. The summed E-state index contributed by atoms with van der Waals surface area (Å²) < 4.78 is 0. The SMILES string of the molecule is CCNC(C)c1ccccc1Sc1nc(C)c(C)c(C)n1. The third-order valence-electron chi connectivity index (χ3n) is 3.71. The first-order valence-corrected chi connectivity index (χ1v) is 8.16. The zero-order valence-corrected chi connectivity index (χ0v) is 14.2. The highest BCUT2D eigenvalue weighted by Crippen LogP contribution is 2.31. The van der Waals surface area contributed by atoms with Crippen molar-refractivity contribution in [3.63, 3.8) is 0 Å². The van der Waals surface area contributed by atoms with Crippen LogP contribution in [0.1, 0.15) is 42.4 Å². The Hall–Kier alpha value is -1.39. The molecule has 0 aliphatic heterocycles. The quantitative estimate of drug-likeness (QED) is 0.839. The fourth-order valence-electron chi connectivity index (χ4n) is 2.23. The van der Waals surface area contributed by atoms with E-state index >= 15 is 0 Å². The van der Waals surface area contributed by atoms with Gasteiger partial charge >= 0.3 is 0 Å². The van der Waals surface area contributed by atoms with Crippen molar-refractivity contribution in [2.24, 2.45) is 0 Å². The molecule has 0 aliphatic rings. The van der Waals surface area contributed by atoms with Crippen LogP contribution in [-0.2, 0) is 0 Å². The summed E-state index contributed by atoms with van der Waals surface area (Å²) in [6.45, 7) is 11.4. The van der Waals surface area contributed by atoms with Crippen LogP contribution < -0.4 is 5.32 Å². The van der Waals surface area contributed by atoms with Crippen LogP contribution in [0.3, 0.4) is 0 Å². The predicted octanol–water partition coefficient (Wildman–Crippen LogP) is 4.22. The molecule has 1 aromatic heterocycles. The molecule has 2 rings (SSSR count). The zero-order valence-electron chi connectivity index (χ0n) is 13.4. The largest absolute Gasteiger partial charge is 0.310 e. The number of hydrogen-bond donors (Lipinski definition) is 1. The third kappa shape index (κ3) is 3.83. The normalized spacial score (nSPS) is 12.4. The number of rotatable bonds is 5. The molecule has 0 saturated carbocycles. The molecular formula is C17H23N3S. The first-order valence-electron chi connectivity index (χ1n) is 7.35. The average molecular weight is 301 g/mol. The standard InChI is InChI=1S/C17H23N3S/c1-6-18-14(5)15-9-7-8-10-16(15)21-17-19-12(3)11(2)13(4)20-17/h7-10,14,18H,6H2,1-5H3. The van der Waals surface area contributed by atoms with Crippen LogP contribution in [-0.4, -0.2) is 16.5 Å². The van der Waals surface area contributed by atoms with Gasteiger partial charge in [-0.05, 0) is 63.2 Å². The van der Waals surface area contributed by atoms with Crippen molar-refractivity contribution < 1.29 is 0 Å². The van der Waals surface area contributed by atoms with Gasteiger partial charge in [0.1, 0.15) is 0 Å². The van der Waals surface area contributed by atoms with Gasteiger partial charge in [-0.15, -0.1) is 0 Å². The van der Waals surface area contributed by atoms with Crippen molar-refractivity contribution in [2.45, 2.75) is 50.7 Å². The Balaban J connectivity index is 2.32. The molecule has 0 radical (unpaired) electrons. The van der Waals surface area contributed by atoms with Crippen molar-refractivity contribution in [3.05, 3.63) is 46.8 Å². The van der Waals surface area contributed by atoms with Gasteiger partial charge in [-0.25, -0.2) is 9.97 Å². The molecule has 0 fully saturated rings. The van der Waals surface area contributed by atoms with Gasteiger partial charge in [0.15, 0.2) is 5.16 Å². The molecule has 0 spiro atoms. The lowest BCUT2D eigenvalue weighted by molar-refractivity contribution is 0.589. The van der Waals surface area contributed by atoms with Gasteiger partial charge in [0, 0.05) is 22.3 Å². The lowest BCUT2D eigenvalue weighted by Crippen LogP contribution is -2.18.